The lowest BCUT2D eigenvalue weighted by molar-refractivity contribution is 0.0394. The Morgan fingerprint density at radius 2 is 1.01 bits per heavy atom. The summed E-state index contributed by atoms with van der Waals surface area (Å²) in [5.41, 5.74) is 1.24. The van der Waals surface area contributed by atoms with E-state index in [1.165, 1.54) is 172 Å². The second kappa shape index (κ2) is 46.7. The number of thioether (sulfide) groups is 1. The van der Waals surface area contributed by atoms with Crippen LogP contribution in [0.25, 0.3) is 0 Å². The summed E-state index contributed by atoms with van der Waals surface area (Å²) >= 11 is 7.72. The van der Waals surface area contributed by atoms with Gasteiger partial charge in [-0.2, -0.15) is 0 Å². The first kappa shape index (κ1) is 72.4. The third-order valence-corrected chi connectivity index (χ3v) is 16.7. The van der Waals surface area contributed by atoms with Crippen molar-refractivity contribution in [3.63, 3.8) is 0 Å². The summed E-state index contributed by atoms with van der Waals surface area (Å²) in [4.78, 5) is 47.8. The molecule has 3 atom stereocenters. The molecule has 4 rings (SSSR count). The minimum atomic E-state index is -1.06. The van der Waals surface area contributed by atoms with Crippen molar-refractivity contribution in [2.75, 3.05) is 6.61 Å². The number of furan rings is 4. The molecule has 0 bridgehead atoms. The number of hydrogen-bond donors (Lipinski definition) is 3. The van der Waals surface area contributed by atoms with Crippen LogP contribution in [0.4, 0.5) is 0 Å². The smallest absolute Gasteiger partial charge is 0.372 e. The molecule has 16 heteroatoms. The highest BCUT2D eigenvalue weighted by Crippen LogP contribution is 2.43. The van der Waals surface area contributed by atoms with Gasteiger partial charge < -0.3 is 42.5 Å². The van der Waals surface area contributed by atoms with E-state index in [-0.39, 0.29) is 45.1 Å². The van der Waals surface area contributed by atoms with E-state index >= 15 is 0 Å². The van der Waals surface area contributed by atoms with Gasteiger partial charge in [0.1, 0.15) is 29.8 Å². The molecule has 3 unspecified atom stereocenters. The van der Waals surface area contributed by atoms with Crippen molar-refractivity contribution in [3.05, 3.63) is 80.6 Å². The number of aliphatic hydroxyl groups excluding tert-OH is 1. The van der Waals surface area contributed by atoms with E-state index in [2.05, 4.69) is 71.2 Å². The number of rotatable bonds is 45. The van der Waals surface area contributed by atoms with Crippen LogP contribution in [0.2, 0.25) is 0 Å². The van der Waals surface area contributed by atoms with E-state index in [0.29, 0.717) is 16.5 Å². The van der Waals surface area contributed by atoms with Crippen LogP contribution >= 0.6 is 43.6 Å². The summed E-state index contributed by atoms with van der Waals surface area (Å²) in [6.07, 6.45) is 47.7. The number of ether oxygens (including phenoxy) is 2. The molecule has 0 aliphatic carbocycles. The zero-order valence-corrected chi connectivity index (χ0v) is 53.3. The number of aromatic carboxylic acids is 2. The molecule has 0 fully saturated rings. The monoisotopic (exact) mass is 1270 g/mol. The zero-order chi connectivity index (χ0) is 58.6. The maximum atomic E-state index is 12.4. The van der Waals surface area contributed by atoms with Gasteiger partial charge in [-0.05, 0) is 76.5 Å². The van der Waals surface area contributed by atoms with Gasteiger partial charge in [0.15, 0.2) is 9.34 Å². The Kier molecular flexibility index (Phi) is 42.3. The lowest BCUT2D eigenvalue weighted by Gasteiger charge is -2.28. The fourth-order valence-electron chi connectivity index (χ4n) is 9.52. The first-order valence-corrected chi connectivity index (χ1v) is 33.2. The highest BCUT2D eigenvalue weighted by Gasteiger charge is 2.33. The van der Waals surface area contributed by atoms with Crippen molar-refractivity contribution >= 4 is 67.5 Å². The average molecular weight is 1270 g/mol. The van der Waals surface area contributed by atoms with Gasteiger partial charge in [0.2, 0.25) is 5.76 Å². The second-order valence-corrected chi connectivity index (χ2v) is 23.9. The van der Waals surface area contributed by atoms with Crippen molar-refractivity contribution < 1.29 is 61.6 Å². The van der Waals surface area contributed by atoms with Crippen LogP contribution in [0.5, 0.6) is 5.95 Å². The molecule has 4 aromatic heterocycles. The van der Waals surface area contributed by atoms with E-state index in [0.717, 1.165) is 100 Å². The molecule has 0 saturated heterocycles. The maximum absolute atomic E-state index is 12.4. The van der Waals surface area contributed by atoms with Crippen LogP contribution in [0.1, 0.15) is 312 Å². The van der Waals surface area contributed by atoms with Gasteiger partial charge in [0.05, 0.1) is 23.0 Å². The number of halogens is 2. The average Bonchev–Trinajstić information content (AvgIpc) is 4.37. The number of carboxylic acids is 2. The number of esters is 2. The molecule has 0 radical (unpaired) electrons. The Labute approximate surface area is 500 Å². The van der Waals surface area contributed by atoms with Crippen LogP contribution in [-0.4, -0.2) is 57.2 Å². The Morgan fingerprint density at radius 1 is 0.525 bits per heavy atom. The quantitative estimate of drug-likeness (QED) is 0.0163. The Balaban J connectivity index is 0.000000506. The summed E-state index contributed by atoms with van der Waals surface area (Å²) in [6, 6.07) is 4.24. The van der Waals surface area contributed by atoms with Crippen LogP contribution in [0.3, 0.4) is 0 Å². The predicted molar refractivity (Wildman–Crippen MR) is 328 cm³/mol. The summed E-state index contributed by atoms with van der Waals surface area (Å²) in [7, 11) is 0. The van der Waals surface area contributed by atoms with Crippen molar-refractivity contribution in [1.82, 2.24) is 0 Å². The molecule has 0 aliphatic rings. The number of aliphatic hydroxyl groups is 1. The van der Waals surface area contributed by atoms with Gasteiger partial charge in [0.25, 0.3) is 5.95 Å². The number of unbranched alkanes of at least 4 members (excludes halogenated alkanes) is 26. The number of carboxylic acid groups (broad SMARTS) is 2. The van der Waals surface area contributed by atoms with Crippen LogP contribution in [0.15, 0.2) is 75.2 Å². The lowest BCUT2D eigenvalue weighted by atomic mass is 9.86. The molecule has 0 amide bonds. The highest BCUT2D eigenvalue weighted by molar-refractivity contribution is 9.10. The fourth-order valence-corrected chi connectivity index (χ4v) is 11.7. The van der Waals surface area contributed by atoms with Gasteiger partial charge in [-0.1, -0.05) is 221 Å². The molecule has 80 heavy (non-hydrogen) atoms. The van der Waals surface area contributed by atoms with Crippen molar-refractivity contribution in [3.8, 4) is 5.95 Å². The molecule has 0 aromatic carbocycles. The summed E-state index contributed by atoms with van der Waals surface area (Å²) in [6.45, 7) is 11.5. The summed E-state index contributed by atoms with van der Waals surface area (Å²) in [5, 5.41) is 28.6. The second-order valence-electron chi connectivity index (χ2n) is 21.1. The largest absolute Gasteiger partial charge is 0.478 e. The maximum Gasteiger partial charge on any atom is 0.372 e. The van der Waals surface area contributed by atoms with Gasteiger partial charge in [-0.3, -0.25) is 0 Å². The van der Waals surface area contributed by atoms with Gasteiger partial charge in [-0.15, -0.1) is 11.8 Å². The van der Waals surface area contributed by atoms with Crippen LogP contribution < -0.4 is 4.74 Å². The van der Waals surface area contributed by atoms with Gasteiger partial charge >= 0.3 is 23.9 Å². The Bertz CT molecular complexity index is 2180. The summed E-state index contributed by atoms with van der Waals surface area (Å²) in [5.74, 6) is -3.60. The molecule has 3 N–H and O–H groups in total. The van der Waals surface area contributed by atoms with E-state index in [1.807, 2.05) is 0 Å². The third kappa shape index (κ3) is 31.6. The first-order chi connectivity index (χ1) is 38.8. The third-order valence-electron chi connectivity index (χ3n) is 14.2. The first-order valence-electron chi connectivity index (χ1n) is 30.7. The van der Waals surface area contributed by atoms with E-state index in [9.17, 15) is 29.4 Å². The normalized spacial score (nSPS) is 12.2. The van der Waals surface area contributed by atoms with Gasteiger partial charge in [0, 0.05) is 35.5 Å². The van der Waals surface area contributed by atoms with Crippen molar-refractivity contribution in [2.45, 2.75) is 282 Å². The van der Waals surface area contributed by atoms with Crippen molar-refractivity contribution in [2.24, 2.45) is 0 Å². The Morgan fingerprint density at radius 3 is 1.49 bits per heavy atom. The molecular formula is C64H100Br2O13S. The summed E-state index contributed by atoms with van der Waals surface area (Å²) < 4.78 is 32.8. The van der Waals surface area contributed by atoms with E-state index in [4.69, 9.17) is 27.5 Å². The van der Waals surface area contributed by atoms with Crippen molar-refractivity contribution in [1.29, 1.82) is 0 Å². The minimum absolute atomic E-state index is 0.0180. The number of carbonyl (C=O) groups is 4. The minimum Gasteiger partial charge on any atom is -0.478 e. The zero-order valence-electron chi connectivity index (χ0n) is 49.3. The molecule has 0 saturated carbocycles. The predicted octanol–water partition coefficient (Wildman–Crippen LogP) is 21.4. The molecule has 13 nitrogen and oxygen atoms in total. The van der Waals surface area contributed by atoms with Crippen LogP contribution in [0, 0.1) is 0 Å². The Hall–Kier alpha value is -3.73. The highest BCUT2D eigenvalue weighted by atomic mass is 79.9. The molecule has 454 valence electrons. The van der Waals surface area contributed by atoms with E-state index in [1.54, 1.807) is 18.0 Å². The topological polar surface area (TPSA) is 200 Å². The molecule has 4 heterocycles. The molecule has 0 aliphatic heterocycles. The molecule has 4 aromatic rings. The van der Waals surface area contributed by atoms with Gasteiger partial charge in [-0.25, -0.2) is 19.2 Å². The lowest BCUT2D eigenvalue weighted by Crippen LogP contribution is -2.26. The standard InChI is InChI=1S/C37H60O7S.C17H36O.C10H4Br2O5/c1-5-9-13-14-15-16-17-20-24-32(44-33-25-28(26-42-33)36(38)39)30(23-19-11-7-3)31-27-43-34(37(40)41)35(31)45-29(21-12-8-4)22-18-10-6-2;1-2-3-4-5-6-7-8-9-10-11-12-13-14-15-16-17-18;11-7-3-5(4-16-7)9(13)17-10(14)6-1-2-15-8(6)12/h25-27,29-30,32H,5-24H2,1-4H3,(H,38,39)(H,40,41);18H,2-17H2,1H3;1-4H. The molecular weight excluding hydrogens is 1170 g/mol. The van der Waals surface area contributed by atoms with Crippen LogP contribution in [-0.2, 0) is 4.74 Å². The molecule has 0 spiro atoms. The fraction of sp³-hybridized carbons (Fsp3) is 0.688. The SMILES string of the molecule is CCCCCCCCCCC(Oc1cc(C(=O)O)co1)C(CCCCC)c1coc(C(=O)O)c1SC(CCCC)CCCCC.CCCCCCCCCCCCCCCCCO.O=C(OC(=O)c1ccoc1Br)c1coc(Br)c1. The number of hydrogen-bond acceptors (Lipinski definition) is 12. The number of carbonyl (C=O) groups excluding carboxylic acids is 2. The van der Waals surface area contributed by atoms with E-state index < -0.39 is 23.9 Å².